The van der Waals surface area contributed by atoms with E-state index < -0.39 is 10.0 Å². The van der Waals surface area contributed by atoms with Crippen LogP contribution in [-0.2, 0) is 10.0 Å². The number of nitrogens with one attached hydrogen (secondary N) is 1. The Bertz CT molecular complexity index is 714. The molecule has 0 fully saturated rings. The SMILES string of the molecule is CCCCCCCN1C=CN(CC(=O)c2ccc(NS(C)(=O)=O)cc2)C1. The van der Waals surface area contributed by atoms with Gasteiger partial charge in [-0.05, 0) is 30.7 Å². The lowest BCUT2D eigenvalue weighted by Crippen LogP contribution is -2.30. The fourth-order valence-corrected chi connectivity index (χ4v) is 3.46. The molecule has 0 amide bonds. The average molecular weight is 380 g/mol. The summed E-state index contributed by atoms with van der Waals surface area (Å²) in [6, 6.07) is 6.52. The Hall–Kier alpha value is -2.02. The first-order chi connectivity index (χ1) is 12.4. The maximum Gasteiger partial charge on any atom is 0.229 e. The molecule has 0 aliphatic carbocycles. The first-order valence-corrected chi connectivity index (χ1v) is 11.0. The molecule has 1 heterocycles. The number of carbonyl (C=O) groups excluding carboxylic acids is 1. The van der Waals surface area contributed by atoms with Gasteiger partial charge in [0.1, 0.15) is 0 Å². The molecule has 1 aromatic carbocycles. The summed E-state index contributed by atoms with van der Waals surface area (Å²) >= 11 is 0. The summed E-state index contributed by atoms with van der Waals surface area (Å²) in [5.41, 5.74) is 1.04. The second-order valence-electron chi connectivity index (χ2n) is 6.79. The molecule has 2 rings (SSSR count). The number of carbonyl (C=O) groups is 1. The summed E-state index contributed by atoms with van der Waals surface area (Å²) in [6.45, 7) is 4.31. The predicted octanol–water partition coefficient (Wildman–Crippen LogP) is 3.26. The van der Waals surface area contributed by atoms with Gasteiger partial charge in [0.25, 0.3) is 0 Å². The second-order valence-corrected chi connectivity index (χ2v) is 8.54. The third kappa shape index (κ3) is 7.07. The normalized spacial score (nSPS) is 14.1. The van der Waals surface area contributed by atoms with E-state index in [0.717, 1.165) is 19.5 Å². The second kappa shape index (κ2) is 9.62. The van der Waals surface area contributed by atoms with Gasteiger partial charge in [0, 0.05) is 30.2 Å². The van der Waals surface area contributed by atoms with E-state index in [1.165, 1.54) is 32.1 Å². The van der Waals surface area contributed by atoms with Gasteiger partial charge in [-0.3, -0.25) is 9.52 Å². The van der Waals surface area contributed by atoms with E-state index in [1.54, 1.807) is 24.3 Å². The fourth-order valence-electron chi connectivity index (χ4n) is 2.90. The Morgan fingerprint density at radius 3 is 2.35 bits per heavy atom. The number of Topliss-reactive ketones (excluding diaryl/α,β-unsaturated/α-hetero) is 1. The molecular formula is C19H29N3O3S. The minimum atomic E-state index is -3.31. The molecular weight excluding hydrogens is 350 g/mol. The summed E-state index contributed by atoms with van der Waals surface area (Å²) in [5.74, 6) is 0.0188. The van der Waals surface area contributed by atoms with Crippen LogP contribution >= 0.6 is 0 Å². The molecule has 1 aliphatic rings. The van der Waals surface area contributed by atoms with Crippen LogP contribution in [0.2, 0.25) is 0 Å². The van der Waals surface area contributed by atoms with Crippen molar-refractivity contribution < 1.29 is 13.2 Å². The Morgan fingerprint density at radius 1 is 1.04 bits per heavy atom. The van der Waals surface area contributed by atoms with E-state index in [1.807, 2.05) is 17.3 Å². The first-order valence-electron chi connectivity index (χ1n) is 9.15. The lowest BCUT2D eigenvalue weighted by Gasteiger charge is -2.20. The summed E-state index contributed by atoms with van der Waals surface area (Å²) < 4.78 is 24.8. The summed E-state index contributed by atoms with van der Waals surface area (Å²) in [6.07, 6.45) is 11.4. The molecule has 6 nitrogen and oxygen atoms in total. The minimum absolute atomic E-state index is 0.0188. The van der Waals surface area contributed by atoms with Gasteiger partial charge < -0.3 is 9.80 Å². The highest BCUT2D eigenvalue weighted by Crippen LogP contribution is 2.14. The van der Waals surface area contributed by atoms with Crippen molar-refractivity contribution in [2.24, 2.45) is 0 Å². The summed E-state index contributed by atoms with van der Waals surface area (Å²) in [5, 5.41) is 0. The predicted molar refractivity (Wildman–Crippen MR) is 105 cm³/mol. The van der Waals surface area contributed by atoms with Crippen LogP contribution in [0.25, 0.3) is 0 Å². The molecule has 1 aromatic rings. The van der Waals surface area contributed by atoms with Crippen molar-refractivity contribution in [1.29, 1.82) is 0 Å². The lowest BCUT2D eigenvalue weighted by molar-refractivity contribution is 0.0945. The molecule has 144 valence electrons. The molecule has 7 heteroatoms. The minimum Gasteiger partial charge on any atom is -0.359 e. The van der Waals surface area contributed by atoms with Gasteiger partial charge in [-0.15, -0.1) is 0 Å². The Kier molecular flexibility index (Phi) is 7.50. The molecule has 0 atom stereocenters. The highest BCUT2D eigenvalue weighted by atomic mass is 32.2. The van der Waals surface area contributed by atoms with Gasteiger partial charge in [0.05, 0.1) is 19.5 Å². The number of ketones is 1. The zero-order valence-electron chi connectivity index (χ0n) is 15.6. The van der Waals surface area contributed by atoms with Crippen LogP contribution in [0.4, 0.5) is 5.69 Å². The van der Waals surface area contributed by atoms with E-state index in [2.05, 4.69) is 16.5 Å². The highest BCUT2D eigenvalue weighted by Gasteiger charge is 2.16. The molecule has 0 aromatic heterocycles. The average Bonchev–Trinajstić information content (AvgIpc) is 3.01. The van der Waals surface area contributed by atoms with Crippen molar-refractivity contribution in [1.82, 2.24) is 9.80 Å². The van der Waals surface area contributed by atoms with E-state index in [0.29, 0.717) is 17.8 Å². The number of hydrogen-bond acceptors (Lipinski definition) is 5. The molecule has 0 saturated carbocycles. The number of rotatable bonds is 11. The third-order valence-corrected chi connectivity index (χ3v) is 4.86. The summed E-state index contributed by atoms with van der Waals surface area (Å²) in [7, 11) is -3.31. The van der Waals surface area contributed by atoms with Crippen LogP contribution in [0.5, 0.6) is 0 Å². The lowest BCUT2D eigenvalue weighted by atomic mass is 10.1. The van der Waals surface area contributed by atoms with Crippen LogP contribution in [0.3, 0.4) is 0 Å². The van der Waals surface area contributed by atoms with Crippen molar-refractivity contribution >= 4 is 21.5 Å². The van der Waals surface area contributed by atoms with E-state index in [4.69, 9.17) is 0 Å². The Morgan fingerprint density at radius 2 is 1.69 bits per heavy atom. The van der Waals surface area contributed by atoms with Crippen molar-refractivity contribution in [2.75, 3.05) is 30.7 Å². The molecule has 0 unspecified atom stereocenters. The van der Waals surface area contributed by atoms with Crippen LogP contribution in [-0.4, -0.2) is 50.0 Å². The molecule has 0 radical (unpaired) electrons. The van der Waals surface area contributed by atoms with Gasteiger partial charge in [-0.1, -0.05) is 32.6 Å². The van der Waals surface area contributed by atoms with Crippen LogP contribution in [0.15, 0.2) is 36.7 Å². The van der Waals surface area contributed by atoms with Gasteiger partial charge in [0.15, 0.2) is 5.78 Å². The Labute approximate surface area is 156 Å². The fraction of sp³-hybridized carbons (Fsp3) is 0.526. The number of anilines is 1. The van der Waals surface area contributed by atoms with Gasteiger partial charge in [-0.2, -0.15) is 0 Å². The number of unbranched alkanes of at least 4 members (excludes halogenated alkanes) is 4. The van der Waals surface area contributed by atoms with Crippen molar-refractivity contribution in [3.05, 3.63) is 42.2 Å². The van der Waals surface area contributed by atoms with Crippen LogP contribution in [0.1, 0.15) is 49.4 Å². The van der Waals surface area contributed by atoms with Crippen molar-refractivity contribution in [2.45, 2.75) is 39.0 Å². The Balaban J connectivity index is 1.75. The quantitative estimate of drug-likeness (QED) is 0.472. The largest absolute Gasteiger partial charge is 0.359 e. The van der Waals surface area contributed by atoms with Gasteiger partial charge in [-0.25, -0.2) is 8.42 Å². The highest BCUT2D eigenvalue weighted by molar-refractivity contribution is 7.92. The van der Waals surface area contributed by atoms with E-state index in [-0.39, 0.29) is 5.78 Å². The molecule has 0 bridgehead atoms. The maximum absolute atomic E-state index is 12.4. The van der Waals surface area contributed by atoms with Crippen LogP contribution in [0, 0.1) is 0 Å². The first kappa shape index (κ1) is 20.3. The van der Waals surface area contributed by atoms with Crippen molar-refractivity contribution in [3.8, 4) is 0 Å². The van der Waals surface area contributed by atoms with E-state index in [9.17, 15) is 13.2 Å². The number of benzene rings is 1. The maximum atomic E-state index is 12.4. The molecule has 1 N–H and O–H groups in total. The zero-order valence-corrected chi connectivity index (χ0v) is 16.5. The summed E-state index contributed by atoms with van der Waals surface area (Å²) in [4.78, 5) is 16.6. The number of nitrogens with zero attached hydrogens (tertiary/aromatic N) is 2. The smallest absolute Gasteiger partial charge is 0.229 e. The molecule has 0 spiro atoms. The topological polar surface area (TPSA) is 69.7 Å². The standard InChI is InChI=1S/C19H29N3O3S/c1-3-4-5-6-7-12-21-13-14-22(16-21)15-19(23)17-8-10-18(11-9-17)20-26(2,24)25/h8-11,13-14,20H,3-7,12,15-16H2,1-2H3. The van der Waals surface area contributed by atoms with E-state index >= 15 is 0 Å². The third-order valence-electron chi connectivity index (χ3n) is 4.26. The van der Waals surface area contributed by atoms with Crippen molar-refractivity contribution in [3.63, 3.8) is 0 Å². The molecule has 0 saturated heterocycles. The van der Waals surface area contributed by atoms with Crippen LogP contribution < -0.4 is 4.72 Å². The van der Waals surface area contributed by atoms with Gasteiger partial charge in [0.2, 0.25) is 10.0 Å². The monoisotopic (exact) mass is 379 g/mol. The molecule has 1 aliphatic heterocycles. The van der Waals surface area contributed by atoms with Gasteiger partial charge >= 0.3 is 0 Å². The number of hydrogen-bond donors (Lipinski definition) is 1. The molecule has 26 heavy (non-hydrogen) atoms. The number of sulfonamides is 1. The zero-order chi connectivity index (χ0) is 19.0.